The molecule has 3 rings (SSSR count). The average molecular weight is 222 g/mol. The van der Waals surface area contributed by atoms with Crippen LogP contribution in [-0.2, 0) is 6.54 Å². The Bertz CT molecular complexity index is 702. The third-order valence-corrected chi connectivity index (χ3v) is 3.16. The van der Waals surface area contributed by atoms with Crippen LogP contribution in [0, 0.1) is 0 Å². The van der Waals surface area contributed by atoms with Gasteiger partial charge in [0.2, 0.25) is 0 Å². The number of nitrogen functional groups attached to an aromatic ring is 1. The number of rotatable bonds is 1. The van der Waals surface area contributed by atoms with Crippen molar-refractivity contribution in [3.63, 3.8) is 0 Å². The Morgan fingerprint density at radius 3 is 2.06 bits per heavy atom. The molecule has 0 atom stereocenters. The number of hydrogen-bond donors (Lipinski definition) is 2. The monoisotopic (exact) mass is 222 g/mol. The number of fused-ring (bicyclic) bond motifs is 3. The van der Waals surface area contributed by atoms with Crippen molar-refractivity contribution in [3.05, 3.63) is 54.1 Å². The minimum absolute atomic E-state index is 0.564. The lowest BCUT2D eigenvalue weighted by atomic mass is 9.99. The van der Waals surface area contributed by atoms with Gasteiger partial charge in [0.1, 0.15) is 0 Å². The zero-order valence-corrected chi connectivity index (χ0v) is 9.48. The highest BCUT2D eigenvalue weighted by atomic mass is 14.5. The molecule has 2 heteroatoms. The van der Waals surface area contributed by atoms with E-state index in [1.165, 1.54) is 21.5 Å². The van der Waals surface area contributed by atoms with Crippen LogP contribution in [0.25, 0.3) is 21.5 Å². The van der Waals surface area contributed by atoms with E-state index in [1.54, 1.807) is 0 Å². The van der Waals surface area contributed by atoms with Gasteiger partial charge < -0.3 is 11.5 Å². The van der Waals surface area contributed by atoms with E-state index in [9.17, 15) is 0 Å². The molecule has 0 saturated heterocycles. The smallest absolute Gasteiger partial charge is 0.0320 e. The Morgan fingerprint density at radius 1 is 0.765 bits per heavy atom. The second-order valence-corrected chi connectivity index (χ2v) is 4.31. The van der Waals surface area contributed by atoms with Crippen LogP contribution in [0.2, 0.25) is 0 Å². The summed E-state index contributed by atoms with van der Waals surface area (Å²) in [4.78, 5) is 0. The Hall–Kier alpha value is -2.06. The molecule has 0 aliphatic rings. The molecule has 0 amide bonds. The van der Waals surface area contributed by atoms with Crippen molar-refractivity contribution in [2.45, 2.75) is 6.54 Å². The average Bonchev–Trinajstić information content (AvgIpc) is 2.38. The van der Waals surface area contributed by atoms with Crippen molar-refractivity contribution >= 4 is 27.2 Å². The highest BCUT2D eigenvalue weighted by Crippen LogP contribution is 2.27. The van der Waals surface area contributed by atoms with E-state index in [2.05, 4.69) is 36.4 Å². The van der Waals surface area contributed by atoms with Crippen molar-refractivity contribution in [3.8, 4) is 0 Å². The predicted molar refractivity (Wildman–Crippen MR) is 73.8 cm³/mol. The molecular weight excluding hydrogens is 208 g/mol. The summed E-state index contributed by atoms with van der Waals surface area (Å²) in [6, 6.07) is 16.6. The summed E-state index contributed by atoms with van der Waals surface area (Å²) >= 11 is 0. The van der Waals surface area contributed by atoms with E-state index in [1.807, 2.05) is 12.1 Å². The lowest BCUT2D eigenvalue weighted by molar-refractivity contribution is 1.08. The molecule has 0 unspecified atom stereocenters. The van der Waals surface area contributed by atoms with Crippen LogP contribution in [0.3, 0.4) is 0 Å². The van der Waals surface area contributed by atoms with Gasteiger partial charge >= 0.3 is 0 Å². The molecule has 0 aliphatic carbocycles. The zero-order valence-electron chi connectivity index (χ0n) is 9.48. The third-order valence-electron chi connectivity index (χ3n) is 3.16. The SMILES string of the molecule is NCc1ccc2ccc3ccc(N)cc3c2c1. The fourth-order valence-corrected chi connectivity index (χ4v) is 2.24. The maximum absolute atomic E-state index is 5.86. The number of anilines is 1. The largest absolute Gasteiger partial charge is 0.399 e. The van der Waals surface area contributed by atoms with Gasteiger partial charge in [0.25, 0.3) is 0 Å². The van der Waals surface area contributed by atoms with Gasteiger partial charge in [-0.3, -0.25) is 0 Å². The number of hydrogen-bond acceptors (Lipinski definition) is 2. The first kappa shape index (κ1) is 10.1. The molecular formula is C15H14N2. The van der Waals surface area contributed by atoms with Gasteiger partial charge in [-0.1, -0.05) is 30.3 Å². The van der Waals surface area contributed by atoms with Gasteiger partial charge in [0.15, 0.2) is 0 Å². The molecule has 3 aromatic rings. The first-order chi connectivity index (χ1) is 8.28. The molecule has 3 aromatic carbocycles. The minimum atomic E-state index is 0.564. The van der Waals surface area contributed by atoms with Gasteiger partial charge in [-0.2, -0.15) is 0 Å². The fraction of sp³-hybridized carbons (Fsp3) is 0.0667. The molecule has 0 fully saturated rings. The summed E-state index contributed by atoms with van der Waals surface area (Å²) in [6.07, 6.45) is 0. The molecule has 0 heterocycles. The summed E-state index contributed by atoms with van der Waals surface area (Å²) < 4.78 is 0. The van der Waals surface area contributed by atoms with Gasteiger partial charge in [-0.25, -0.2) is 0 Å². The van der Waals surface area contributed by atoms with Crippen molar-refractivity contribution in [2.75, 3.05) is 5.73 Å². The molecule has 0 saturated carbocycles. The van der Waals surface area contributed by atoms with Crippen LogP contribution in [0.15, 0.2) is 48.5 Å². The van der Waals surface area contributed by atoms with Gasteiger partial charge in [0.05, 0.1) is 0 Å². The summed E-state index contributed by atoms with van der Waals surface area (Å²) in [7, 11) is 0. The van der Waals surface area contributed by atoms with E-state index < -0.39 is 0 Å². The number of benzene rings is 3. The van der Waals surface area contributed by atoms with E-state index in [0.29, 0.717) is 6.54 Å². The van der Waals surface area contributed by atoms with Crippen LogP contribution < -0.4 is 11.5 Å². The normalized spacial score (nSPS) is 11.1. The molecule has 0 aromatic heterocycles. The van der Waals surface area contributed by atoms with Crippen molar-refractivity contribution < 1.29 is 0 Å². The molecule has 4 N–H and O–H groups in total. The summed E-state index contributed by atoms with van der Waals surface area (Å²) in [5, 5.41) is 4.84. The first-order valence-corrected chi connectivity index (χ1v) is 5.69. The standard InChI is InChI=1S/C15H14N2/c16-9-10-1-2-11-3-4-12-5-6-13(17)8-15(12)14(11)7-10/h1-8H,9,16-17H2. The Labute approximate surface area is 99.8 Å². The van der Waals surface area contributed by atoms with Crippen LogP contribution in [0.1, 0.15) is 5.56 Å². The molecule has 0 spiro atoms. The minimum Gasteiger partial charge on any atom is -0.399 e. The van der Waals surface area contributed by atoms with E-state index in [4.69, 9.17) is 11.5 Å². The van der Waals surface area contributed by atoms with Crippen LogP contribution in [-0.4, -0.2) is 0 Å². The van der Waals surface area contributed by atoms with Crippen LogP contribution >= 0.6 is 0 Å². The lowest BCUT2D eigenvalue weighted by Crippen LogP contribution is -1.95. The highest BCUT2D eigenvalue weighted by molar-refractivity contribution is 6.08. The Kier molecular flexibility index (Phi) is 2.23. The summed E-state index contributed by atoms with van der Waals surface area (Å²) in [5.41, 5.74) is 13.5. The quantitative estimate of drug-likeness (QED) is 0.491. The maximum Gasteiger partial charge on any atom is 0.0320 e. The molecule has 0 aliphatic heterocycles. The Morgan fingerprint density at radius 2 is 1.35 bits per heavy atom. The molecule has 2 nitrogen and oxygen atoms in total. The highest BCUT2D eigenvalue weighted by Gasteiger charge is 2.02. The van der Waals surface area contributed by atoms with Gasteiger partial charge in [-0.15, -0.1) is 0 Å². The summed E-state index contributed by atoms with van der Waals surface area (Å²) in [6.45, 7) is 0.564. The first-order valence-electron chi connectivity index (χ1n) is 5.69. The van der Waals surface area contributed by atoms with Crippen LogP contribution in [0.4, 0.5) is 5.69 Å². The maximum atomic E-state index is 5.86. The third kappa shape index (κ3) is 1.63. The second kappa shape index (κ2) is 3.75. The molecule has 0 radical (unpaired) electrons. The van der Waals surface area contributed by atoms with E-state index >= 15 is 0 Å². The Balaban J connectivity index is 2.47. The van der Waals surface area contributed by atoms with Gasteiger partial charge in [-0.05, 0) is 45.3 Å². The zero-order chi connectivity index (χ0) is 11.8. The fourth-order valence-electron chi connectivity index (χ4n) is 2.24. The molecule has 0 bridgehead atoms. The van der Waals surface area contributed by atoms with Crippen molar-refractivity contribution in [1.82, 2.24) is 0 Å². The molecule has 84 valence electrons. The van der Waals surface area contributed by atoms with Crippen LogP contribution in [0.5, 0.6) is 0 Å². The van der Waals surface area contributed by atoms with Crippen molar-refractivity contribution in [1.29, 1.82) is 0 Å². The second-order valence-electron chi connectivity index (χ2n) is 4.31. The topological polar surface area (TPSA) is 52.0 Å². The van der Waals surface area contributed by atoms with Gasteiger partial charge in [0, 0.05) is 12.2 Å². The van der Waals surface area contributed by atoms with E-state index in [0.717, 1.165) is 11.3 Å². The molecule has 17 heavy (non-hydrogen) atoms. The number of nitrogens with two attached hydrogens (primary N) is 2. The lowest BCUT2D eigenvalue weighted by Gasteiger charge is -2.06. The van der Waals surface area contributed by atoms with E-state index in [-0.39, 0.29) is 0 Å². The predicted octanol–water partition coefficient (Wildman–Crippen LogP) is 3.03. The summed E-state index contributed by atoms with van der Waals surface area (Å²) in [5.74, 6) is 0. The van der Waals surface area contributed by atoms with Crippen molar-refractivity contribution in [2.24, 2.45) is 5.73 Å².